The van der Waals surface area contributed by atoms with Crippen molar-refractivity contribution in [2.24, 2.45) is 0 Å². The lowest BCUT2D eigenvalue weighted by molar-refractivity contribution is -0.144. The predicted molar refractivity (Wildman–Crippen MR) is 86.2 cm³/mol. The first-order valence-electron chi connectivity index (χ1n) is 8.73. The smallest absolute Gasteiger partial charge is 0.317 e. The Bertz CT molecular complexity index is 441. The Kier molecular flexibility index (Phi) is 5.06. The Morgan fingerprint density at radius 3 is 2.39 bits per heavy atom. The molecule has 7 heteroatoms. The third-order valence-electron chi connectivity index (χ3n) is 5.02. The zero-order valence-corrected chi connectivity index (χ0v) is 14.2. The molecule has 1 N–H and O–H groups in total. The molecule has 0 bridgehead atoms. The van der Waals surface area contributed by atoms with Crippen molar-refractivity contribution in [3.8, 4) is 0 Å². The number of hydrogen-bond acceptors (Lipinski definition) is 4. The van der Waals surface area contributed by atoms with Crippen molar-refractivity contribution in [2.45, 2.75) is 44.9 Å². The molecule has 3 amide bonds. The van der Waals surface area contributed by atoms with Crippen LogP contribution in [0.25, 0.3) is 0 Å². The molecule has 0 aromatic rings. The van der Waals surface area contributed by atoms with E-state index >= 15 is 0 Å². The molecule has 3 aliphatic rings. The van der Waals surface area contributed by atoms with E-state index in [2.05, 4.69) is 10.2 Å². The quantitative estimate of drug-likeness (QED) is 0.800. The number of carbonyl (C=O) groups is 2. The largest absolute Gasteiger partial charge is 0.372 e. The molecule has 0 radical (unpaired) electrons. The highest BCUT2D eigenvalue weighted by Crippen LogP contribution is 2.19. The van der Waals surface area contributed by atoms with E-state index in [-0.39, 0.29) is 24.1 Å². The summed E-state index contributed by atoms with van der Waals surface area (Å²) in [5.74, 6) is 0.198. The van der Waals surface area contributed by atoms with Gasteiger partial charge in [0.25, 0.3) is 0 Å². The summed E-state index contributed by atoms with van der Waals surface area (Å²) in [5, 5.41) is 2.86. The number of carbonyl (C=O) groups excluding carboxylic acids is 2. The Hall–Kier alpha value is -1.34. The molecule has 0 aliphatic carbocycles. The van der Waals surface area contributed by atoms with Crippen LogP contribution in [-0.2, 0) is 9.53 Å². The summed E-state index contributed by atoms with van der Waals surface area (Å²) in [6.45, 7) is 9.23. The SMILES string of the molecule is CC1CN(C(=O)CN2CCC(N3CCNC3=O)CC2)CC(C)O1. The number of hydrogen-bond donors (Lipinski definition) is 1. The second-order valence-corrected chi connectivity index (χ2v) is 6.99. The van der Waals surface area contributed by atoms with Crippen molar-refractivity contribution in [1.82, 2.24) is 20.0 Å². The van der Waals surface area contributed by atoms with E-state index in [1.165, 1.54) is 0 Å². The minimum atomic E-state index is 0.0656. The maximum absolute atomic E-state index is 12.5. The van der Waals surface area contributed by atoms with E-state index in [4.69, 9.17) is 4.74 Å². The minimum Gasteiger partial charge on any atom is -0.372 e. The molecule has 3 aliphatic heterocycles. The third-order valence-corrected chi connectivity index (χ3v) is 5.02. The molecule has 130 valence electrons. The normalized spacial score (nSPS) is 30.6. The van der Waals surface area contributed by atoms with E-state index in [1.54, 1.807) is 0 Å². The van der Waals surface area contributed by atoms with Crippen LogP contribution in [0.2, 0.25) is 0 Å². The van der Waals surface area contributed by atoms with E-state index in [0.29, 0.717) is 25.7 Å². The lowest BCUT2D eigenvalue weighted by Crippen LogP contribution is -2.53. The topological polar surface area (TPSA) is 65.1 Å². The number of rotatable bonds is 3. The zero-order valence-electron chi connectivity index (χ0n) is 14.2. The van der Waals surface area contributed by atoms with E-state index in [9.17, 15) is 9.59 Å². The lowest BCUT2D eigenvalue weighted by atomic mass is 10.0. The molecule has 2 unspecified atom stereocenters. The Labute approximate surface area is 137 Å². The fraction of sp³-hybridized carbons (Fsp3) is 0.875. The van der Waals surface area contributed by atoms with Crippen molar-refractivity contribution in [1.29, 1.82) is 0 Å². The maximum atomic E-state index is 12.5. The van der Waals surface area contributed by atoms with Crippen LogP contribution in [0.15, 0.2) is 0 Å². The van der Waals surface area contributed by atoms with Crippen LogP contribution in [-0.4, -0.2) is 90.7 Å². The molecule has 3 heterocycles. The van der Waals surface area contributed by atoms with E-state index < -0.39 is 0 Å². The number of piperidine rings is 1. The predicted octanol–water partition coefficient (Wildman–Crippen LogP) is 0.112. The number of nitrogens with one attached hydrogen (secondary N) is 1. The highest BCUT2D eigenvalue weighted by atomic mass is 16.5. The van der Waals surface area contributed by atoms with Gasteiger partial charge < -0.3 is 19.9 Å². The van der Waals surface area contributed by atoms with Crippen molar-refractivity contribution in [2.75, 3.05) is 45.8 Å². The summed E-state index contributed by atoms with van der Waals surface area (Å²) in [6.07, 6.45) is 2.14. The van der Waals surface area contributed by atoms with Gasteiger partial charge in [-0.2, -0.15) is 0 Å². The molecule has 3 saturated heterocycles. The molecule has 3 rings (SSSR count). The van der Waals surface area contributed by atoms with Gasteiger partial charge in [-0.25, -0.2) is 4.79 Å². The molecular weight excluding hydrogens is 296 g/mol. The Morgan fingerprint density at radius 1 is 1.17 bits per heavy atom. The van der Waals surface area contributed by atoms with Gasteiger partial charge in [-0.15, -0.1) is 0 Å². The number of amides is 3. The van der Waals surface area contributed by atoms with Gasteiger partial charge in [0.2, 0.25) is 5.91 Å². The Morgan fingerprint density at radius 2 is 1.83 bits per heavy atom. The first kappa shape index (κ1) is 16.5. The van der Waals surface area contributed by atoms with Crippen LogP contribution < -0.4 is 5.32 Å². The van der Waals surface area contributed by atoms with Gasteiger partial charge >= 0.3 is 6.03 Å². The molecule has 2 atom stereocenters. The van der Waals surface area contributed by atoms with Gasteiger partial charge in [-0.1, -0.05) is 0 Å². The number of nitrogens with zero attached hydrogens (tertiary/aromatic N) is 3. The molecule has 7 nitrogen and oxygen atoms in total. The maximum Gasteiger partial charge on any atom is 0.317 e. The molecule has 3 fully saturated rings. The molecule has 0 spiro atoms. The third kappa shape index (κ3) is 3.95. The summed E-state index contributed by atoms with van der Waals surface area (Å²) >= 11 is 0. The lowest BCUT2D eigenvalue weighted by Gasteiger charge is -2.39. The van der Waals surface area contributed by atoms with Gasteiger partial charge in [-0.05, 0) is 26.7 Å². The number of urea groups is 1. The molecular formula is C16H28N4O3. The molecule has 23 heavy (non-hydrogen) atoms. The fourth-order valence-electron chi connectivity index (χ4n) is 3.90. The van der Waals surface area contributed by atoms with Crippen LogP contribution >= 0.6 is 0 Å². The van der Waals surface area contributed by atoms with Gasteiger partial charge in [0.05, 0.1) is 18.8 Å². The standard InChI is InChI=1S/C16H28N4O3/c1-12-9-19(10-13(2)23-12)15(21)11-18-6-3-14(4-7-18)20-8-5-17-16(20)22/h12-14H,3-11H2,1-2H3,(H,17,22). The molecule has 0 saturated carbocycles. The highest BCUT2D eigenvalue weighted by molar-refractivity contribution is 5.78. The number of morpholine rings is 1. The fourth-order valence-corrected chi connectivity index (χ4v) is 3.90. The Balaban J connectivity index is 1.45. The average molecular weight is 324 g/mol. The van der Waals surface area contributed by atoms with E-state index in [1.807, 2.05) is 23.6 Å². The van der Waals surface area contributed by atoms with Crippen LogP contribution in [0.3, 0.4) is 0 Å². The summed E-state index contributed by atoms with van der Waals surface area (Å²) < 4.78 is 5.69. The van der Waals surface area contributed by atoms with Gasteiger partial charge in [-0.3, -0.25) is 9.69 Å². The molecule has 0 aromatic heterocycles. The second-order valence-electron chi connectivity index (χ2n) is 6.99. The summed E-state index contributed by atoms with van der Waals surface area (Å²) in [7, 11) is 0. The first-order valence-corrected chi connectivity index (χ1v) is 8.73. The van der Waals surface area contributed by atoms with Crippen LogP contribution in [0, 0.1) is 0 Å². The summed E-state index contributed by atoms with van der Waals surface area (Å²) in [6, 6.07) is 0.392. The van der Waals surface area contributed by atoms with Crippen LogP contribution in [0.5, 0.6) is 0 Å². The van der Waals surface area contributed by atoms with Crippen molar-refractivity contribution >= 4 is 11.9 Å². The summed E-state index contributed by atoms with van der Waals surface area (Å²) in [5.41, 5.74) is 0. The zero-order chi connectivity index (χ0) is 16.4. The highest BCUT2D eigenvalue weighted by Gasteiger charge is 2.32. The van der Waals surface area contributed by atoms with E-state index in [0.717, 1.165) is 39.0 Å². The van der Waals surface area contributed by atoms with Crippen LogP contribution in [0.1, 0.15) is 26.7 Å². The van der Waals surface area contributed by atoms with Gasteiger partial charge in [0.1, 0.15) is 0 Å². The first-order chi connectivity index (χ1) is 11.0. The van der Waals surface area contributed by atoms with Crippen molar-refractivity contribution in [3.63, 3.8) is 0 Å². The second kappa shape index (κ2) is 7.05. The summed E-state index contributed by atoms with van der Waals surface area (Å²) in [4.78, 5) is 30.3. The number of ether oxygens (including phenoxy) is 1. The van der Waals surface area contributed by atoms with Gasteiger partial charge in [0, 0.05) is 45.3 Å². The number of likely N-dealkylation sites (tertiary alicyclic amines) is 1. The van der Waals surface area contributed by atoms with Crippen LogP contribution in [0.4, 0.5) is 4.79 Å². The minimum absolute atomic E-state index is 0.0656. The van der Waals surface area contributed by atoms with Crippen molar-refractivity contribution in [3.05, 3.63) is 0 Å². The van der Waals surface area contributed by atoms with Gasteiger partial charge in [0.15, 0.2) is 0 Å². The molecule has 0 aromatic carbocycles. The monoisotopic (exact) mass is 324 g/mol. The average Bonchev–Trinajstić information content (AvgIpc) is 2.93. The van der Waals surface area contributed by atoms with Crippen molar-refractivity contribution < 1.29 is 14.3 Å².